The minimum absolute atomic E-state index is 0.309. The van der Waals surface area contributed by atoms with Gasteiger partial charge in [0.25, 0.3) is 0 Å². The van der Waals surface area contributed by atoms with Crippen LogP contribution in [0.3, 0.4) is 0 Å². The lowest BCUT2D eigenvalue weighted by Crippen LogP contribution is -2.02. The van der Waals surface area contributed by atoms with E-state index in [1.54, 1.807) is 6.20 Å². The van der Waals surface area contributed by atoms with Crippen LogP contribution in [0.1, 0.15) is 6.92 Å². The van der Waals surface area contributed by atoms with E-state index < -0.39 is 11.6 Å². The fourth-order valence-electron chi connectivity index (χ4n) is 1.33. The van der Waals surface area contributed by atoms with Crippen molar-refractivity contribution in [3.63, 3.8) is 0 Å². The molecule has 0 spiro atoms. The first-order valence-corrected chi connectivity index (χ1v) is 7.10. The van der Waals surface area contributed by atoms with Crippen LogP contribution in [-0.2, 0) is 0 Å². The third-order valence-electron chi connectivity index (χ3n) is 2.15. The second-order valence-electron chi connectivity index (χ2n) is 3.55. The largest absolute Gasteiger partial charge is 0.354 e. The van der Waals surface area contributed by atoms with Gasteiger partial charge >= 0.3 is 0 Å². The number of nitrogens with zero attached hydrogens (tertiary/aromatic N) is 2. The Balaban J connectivity index is 2.29. The normalized spacial score (nSPS) is 10.5. The summed E-state index contributed by atoms with van der Waals surface area (Å²) < 4.78 is 27.1. The molecule has 0 aliphatic rings. The average molecular weight is 346 g/mol. The highest BCUT2D eigenvalue weighted by Crippen LogP contribution is 2.33. The van der Waals surface area contributed by atoms with Gasteiger partial charge in [-0.3, -0.25) is 0 Å². The van der Waals surface area contributed by atoms with Gasteiger partial charge in [0.1, 0.15) is 16.7 Å². The number of hydrogen-bond donors (Lipinski definition) is 1. The van der Waals surface area contributed by atoms with Crippen molar-refractivity contribution in [1.29, 1.82) is 0 Å². The van der Waals surface area contributed by atoms with Gasteiger partial charge in [-0.2, -0.15) is 0 Å². The van der Waals surface area contributed by atoms with E-state index in [1.807, 2.05) is 6.92 Å². The monoisotopic (exact) mass is 345 g/mol. The van der Waals surface area contributed by atoms with Crippen molar-refractivity contribution in [2.75, 3.05) is 11.9 Å². The smallest absolute Gasteiger partial charge is 0.223 e. The molecule has 0 radical (unpaired) electrons. The topological polar surface area (TPSA) is 37.8 Å². The molecule has 0 aliphatic carbocycles. The molecule has 100 valence electrons. The summed E-state index contributed by atoms with van der Waals surface area (Å²) in [5.74, 6) is -0.742. The fraction of sp³-hybridized carbons (Fsp3) is 0.167. The van der Waals surface area contributed by atoms with Crippen LogP contribution in [0.5, 0.6) is 0 Å². The molecule has 0 amide bonds. The minimum atomic E-state index is -0.611. The molecule has 0 aliphatic heterocycles. The number of rotatable bonds is 4. The Hall–Kier alpha value is -1.21. The van der Waals surface area contributed by atoms with E-state index in [9.17, 15) is 8.78 Å². The van der Waals surface area contributed by atoms with E-state index in [4.69, 9.17) is 0 Å². The van der Waals surface area contributed by atoms with Crippen LogP contribution in [0.25, 0.3) is 0 Å². The standard InChI is InChI=1S/C12H10BrF2N3S/c1-2-16-12-17-6-8(13)11(18-12)19-10-4-3-7(14)5-9(10)15/h3-6H,2H2,1H3,(H,16,17,18). The lowest BCUT2D eigenvalue weighted by molar-refractivity contribution is 0.565. The molecule has 19 heavy (non-hydrogen) atoms. The summed E-state index contributed by atoms with van der Waals surface area (Å²) in [5, 5.41) is 3.54. The van der Waals surface area contributed by atoms with E-state index in [0.29, 0.717) is 26.9 Å². The summed E-state index contributed by atoms with van der Waals surface area (Å²) in [5.41, 5.74) is 0. The molecule has 0 saturated carbocycles. The van der Waals surface area contributed by atoms with Gasteiger partial charge in [0, 0.05) is 23.7 Å². The van der Waals surface area contributed by atoms with Gasteiger partial charge in [0.15, 0.2) is 0 Å². The summed E-state index contributed by atoms with van der Waals surface area (Å²) in [6.45, 7) is 2.62. The van der Waals surface area contributed by atoms with Crippen molar-refractivity contribution in [1.82, 2.24) is 9.97 Å². The molecule has 1 aromatic carbocycles. The molecule has 1 aromatic heterocycles. The van der Waals surface area contributed by atoms with Crippen molar-refractivity contribution < 1.29 is 8.78 Å². The van der Waals surface area contributed by atoms with Gasteiger partial charge in [0.2, 0.25) is 5.95 Å². The molecular formula is C12H10BrF2N3S. The van der Waals surface area contributed by atoms with Crippen molar-refractivity contribution >= 4 is 33.6 Å². The zero-order valence-corrected chi connectivity index (χ0v) is 12.4. The fourth-order valence-corrected chi connectivity index (χ4v) is 2.55. The Morgan fingerprint density at radius 3 is 2.84 bits per heavy atom. The first-order valence-electron chi connectivity index (χ1n) is 5.49. The molecule has 0 saturated heterocycles. The minimum Gasteiger partial charge on any atom is -0.354 e. The molecule has 0 fully saturated rings. The molecule has 3 nitrogen and oxygen atoms in total. The predicted molar refractivity (Wildman–Crippen MR) is 74.4 cm³/mol. The maximum Gasteiger partial charge on any atom is 0.223 e. The number of benzene rings is 1. The van der Waals surface area contributed by atoms with Gasteiger partial charge in [-0.15, -0.1) is 0 Å². The van der Waals surface area contributed by atoms with Crippen molar-refractivity contribution in [2.45, 2.75) is 16.8 Å². The molecular weight excluding hydrogens is 336 g/mol. The van der Waals surface area contributed by atoms with E-state index in [2.05, 4.69) is 31.2 Å². The maximum absolute atomic E-state index is 13.6. The van der Waals surface area contributed by atoms with Gasteiger partial charge in [-0.25, -0.2) is 18.7 Å². The summed E-state index contributed by atoms with van der Waals surface area (Å²) in [7, 11) is 0. The molecule has 7 heteroatoms. The quantitative estimate of drug-likeness (QED) is 0.846. The highest BCUT2D eigenvalue weighted by molar-refractivity contribution is 9.10. The Morgan fingerprint density at radius 2 is 2.16 bits per heavy atom. The van der Waals surface area contributed by atoms with Crippen LogP contribution in [0.2, 0.25) is 0 Å². The van der Waals surface area contributed by atoms with Gasteiger partial charge in [-0.05, 0) is 35.0 Å². The van der Waals surface area contributed by atoms with Crippen molar-refractivity contribution in [2.24, 2.45) is 0 Å². The summed E-state index contributed by atoms with van der Waals surface area (Å²) in [6.07, 6.45) is 1.59. The summed E-state index contributed by atoms with van der Waals surface area (Å²) in [6, 6.07) is 3.45. The molecule has 0 bridgehead atoms. The number of nitrogens with one attached hydrogen (secondary N) is 1. The van der Waals surface area contributed by atoms with E-state index >= 15 is 0 Å². The Bertz CT molecular complexity index is 595. The van der Waals surface area contributed by atoms with Crippen LogP contribution >= 0.6 is 27.7 Å². The molecule has 2 aromatic rings. The van der Waals surface area contributed by atoms with Crippen LogP contribution < -0.4 is 5.32 Å². The predicted octanol–water partition coefficient (Wildman–Crippen LogP) is 4.10. The van der Waals surface area contributed by atoms with E-state index in [-0.39, 0.29) is 0 Å². The number of halogens is 3. The molecule has 0 unspecified atom stereocenters. The highest BCUT2D eigenvalue weighted by Gasteiger charge is 2.11. The van der Waals surface area contributed by atoms with Crippen LogP contribution in [0, 0.1) is 11.6 Å². The lowest BCUT2D eigenvalue weighted by Gasteiger charge is -2.07. The molecule has 0 atom stereocenters. The Morgan fingerprint density at radius 1 is 1.37 bits per heavy atom. The molecule has 1 N–H and O–H groups in total. The first-order chi connectivity index (χ1) is 9.10. The second kappa shape index (κ2) is 6.29. The zero-order chi connectivity index (χ0) is 13.8. The number of anilines is 1. The third-order valence-corrected chi connectivity index (χ3v) is 4.05. The zero-order valence-electron chi connectivity index (χ0n) is 9.95. The maximum atomic E-state index is 13.6. The summed E-state index contributed by atoms with van der Waals surface area (Å²) in [4.78, 5) is 8.63. The van der Waals surface area contributed by atoms with Crippen LogP contribution in [0.15, 0.2) is 38.8 Å². The number of aromatic nitrogens is 2. The second-order valence-corrected chi connectivity index (χ2v) is 5.44. The van der Waals surface area contributed by atoms with E-state index in [1.165, 1.54) is 12.1 Å². The van der Waals surface area contributed by atoms with Crippen molar-refractivity contribution in [3.8, 4) is 0 Å². The Kier molecular flexibility index (Phi) is 4.71. The van der Waals surface area contributed by atoms with Crippen LogP contribution in [-0.4, -0.2) is 16.5 Å². The highest BCUT2D eigenvalue weighted by atomic mass is 79.9. The lowest BCUT2D eigenvalue weighted by atomic mass is 10.3. The Labute approximate surface area is 122 Å². The summed E-state index contributed by atoms with van der Waals surface area (Å²) >= 11 is 4.42. The van der Waals surface area contributed by atoms with Gasteiger partial charge < -0.3 is 5.32 Å². The SMILES string of the molecule is CCNc1ncc(Br)c(Sc2ccc(F)cc2F)n1. The van der Waals surface area contributed by atoms with Crippen molar-refractivity contribution in [3.05, 3.63) is 40.5 Å². The van der Waals surface area contributed by atoms with Gasteiger partial charge in [-0.1, -0.05) is 11.8 Å². The van der Waals surface area contributed by atoms with E-state index in [0.717, 1.165) is 17.8 Å². The first kappa shape index (κ1) is 14.2. The van der Waals surface area contributed by atoms with Crippen LogP contribution in [0.4, 0.5) is 14.7 Å². The average Bonchev–Trinajstić information content (AvgIpc) is 2.37. The van der Waals surface area contributed by atoms with Gasteiger partial charge in [0.05, 0.1) is 4.47 Å². The third kappa shape index (κ3) is 3.63. The molecule has 1 heterocycles. The molecule has 2 rings (SSSR count). The number of hydrogen-bond acceptors (Lipinski definition) is 4.